The van der Waals surface area contributed by atoms with E-state index in [0.717, 1.165) is 101 Å². The Labute approximate surface area is 865 Å². The van der Waals surface area contributed by atoms with E-state index in [0.29, 0.717) is 116 Å². The van der Waals surface area contributed by atoms with Crippen LogP contribution in [0.25, 0.3) is 101 Å². The van der Waals surface area contributed by atoms with Crippen LogP contribution in [-0.2, 0) is 60.3 Å². The van der Waals surface area contributed by atoms with Crippen molar-refractivity contribution in [3.63, 3.8) is 0 Å². The van der Waals surface area contributed by atoms with Crippen molar-refractivity contribution in [2.75, 3.05) is 0 Å². The Kier molecular flexibility index (Phi) is 28.2. The molecule has 9 heteroatoms. The maximum absolute atomic E-state index is 9.18. The minimum atomic E-state index is -2.30. The number of pyridine rings is 6. The standard InChI is InChI=1S/3C30H28N.2C12H10N.C11H8N.3Ir/c3*1-22-21-31-30(28-10-6-3-7-11-28)20-29(22)27-18-16-26(17-19-27)25-14-12-24(13-15-25)23-8-4-2-5-9-23;1-10-5-7-11(8-6-10)12-4-2-3-9-13-12;1-10-7-8-12(13-9-10)11-5-3-2-4-6-11;1-2-6-10(7-3-1)11-8-4-5-9-12-11;;;/h3*2-10,16-21,24-25H,12-15H2,1H3;2-7,9H,1H3;2-5,7-9H,1H3;1-6,8-9H;;;/q6*-1;;;/i3*1D3,24D,25D;2*1D3;;;;. The second-order valence-corrected chi connectivity index (χ2v) is 32.0. The Bertz CT molecular complexity index is 6820. The van der Waals surface area contributed by atoms with Crippen molar-refractivity contribution in [3.05, 3.63) is 505 Å². The van der Waals surface area contributed by atoms with Crippen molar-refractivity contribution in [1.29, 1.82) is 0 Å². The Morgan fingerprint density at radius 2 is 0.485 bits per heavy atom. The summed E-state index contributed by atoms with van der Waals surface area (Å²) in [5, 5.41) is 0. The Morgan fingerprint density at radius 1 is 0.224 bits per heavy atom. The van der Waals surface area contributed by atoms with E-state index in [9.17, 15) is 4.11 Å². The molecule has 18 aromatic rings. The molecule has 3 aliphatic rings. The molecule has 0 atom stereocenters. The normalized spacial score (nSPS) is 21.8. The fourth-order valence-corrected chi connectivity index (χ4v) is 16.4. The van der Waals surface area contributed by atoms with E-state index in [1.807, 2.05) is 334 Å². The van der Waals surface area contributed by atoms with Crippen molar-refractivity contribution >= 4 is 0 Å². The summed E-state index contributed by atoms with van der Waals surface area (Å²) in [7, 11) is 0. The molecule has 134 heavy (non-hydrogen) atoms. The van der Waals surface area contributed by atoms with Crippen LogP contribution in [0.2, 0.25) is 0 Å². The van der Waals surface area contributed by atoms with Gasteiger partial charge in [0.25, 0.3) is 0 Å². The van der Waals surface area contributed by atoms with Crippen LogP contribution < -0.4 is 0 Å². The first-order valence-electron chi connectivity index (χ1n) is 54.8. The third-order valence-corrected chi connectivity index (χ3v) is 23.5. The SMILES string of the molecule is [2H]C([2H])([2H])c1c[c-]c(-c2ccccn2)cc1.[2H]C([2H])([2H])c1ccc(-c2[c-]cccc2)nc1.[2H]C([2H])([2H])c1cnc(-c2[c-]cccc2)cc1-c1ccc(C2([2H])CCC([2H])(c3ccccc3)CC2)cc1.[2H]C([2H])([2H])c1cnc(-c2[c-]cccc2)cc1-c1ccc(C2([2H])CCC([2H])(c3ccccc3)CC2)cc1.[2H]C([2H])([2H])c1cnc(-c2[c-]cccc2)cc1-c1ccc(C2([2H])CCC([2H])(c3ccccc3)CC2)cc1.[Ir].[Ir].[Ir].[c-]1ccccc1-c1ccccn1. The molecule has 6 nitrogen and oxygen atoms in total. The number of nitrogens with zero attached hydrogens (tertiary/aromatic N) is 6. The number of aryl methyl sites for hydroxylation is 5. The van der Waals surface area contributed by atoms with Crippen LogP contribution in [-0.4, -0.2) is 29.9 Å². The maximum Gasteiger partial charge on any atom is 0.0352 e. The number of rotatable bonds is 15. The summed E-state index contributed by atoms with van der Waals surface area (Å²) >= 11 is 0. The Morgan fingerprint density at radius 3 is 0.731 bits per heavy atom. The van der Waals surface area contributed by atoms with E-state index < -0.39 is 69.6 Å². The average molecular weight is 2300 g/mol. The molecule has 3 fully saturated rings. The molecule has 0 amide bonds. The Hall–Kier alpha value is -12.5. The molecule has 0 aliphatic heterocycles. The van der Waals surface area contributed by atoms with Gasteiger partial charge in [-0.15, -0.1) is 215 Å². The smallest absolute Gasteiger partial charge is 0.0352 e. The van der Waals surface area contributed by atoms with Crippen molar-refractivity contribution < 1.29 is 89.1 Å². The molecule has 0 N–H and O–H groups in total. The van der Waals surface area contributed by atoms with Crippen molar-refractivity contribution in [3.8, 4) is 101 Å². The van der Waals surface area contributed by atoms with E-state index >= 15 is 0 Å². The average Bonchev–Trinajstić information content (AvgIpc) is 0.770. The van der Waals surface area contributed by atoms with Crippen LogP contribution in [0, 0.1) is 70.7 Å². The molecule has 0 unspecified atom stereocenters. The summed E-state index contributed by atoms with van der Waals surface area (Å²) in [6.07, 6.45) is 16.6. The predicted molar refractivity (Wildman–Crippen MR) is 542 cm³/mol. The topological polar surface area (TPSA) is 77.3 Å². The minimum absolute atomic E-state index is 0. The molecule has 6 heterocycles. The zero-order valence-corrected chi connectivity index (χ0v) is 81.0. The molecule has 0 spiro atoms. The summed E-state index contributed by atoms with van der Waals surface area (Å²) in [4.78, 5) is 25.7. The van der Waals surface area contributed by atoms with Gasteiger partial charge in [0.05, 0.1) is 0 Å². The van der Waals surface area contributed by atoms with E-state index in [1.165, 1.54) is 30.9 Å². The quantitative estimate of drug-likeness (QED) is 0.0952. The first kappa shape index (κ1) is 73.9. The minimum Gasteiger partial charge on any atom is -0.305 e. The Balaban J connectivity index is 0.000000160. The van der Waals surface area contributed by atoms with Crippen LogP contribution in [0.15, 0.2) is 407 Å². The molecule has 3 saturated carbocycles. The van der Waals surface area contributed by atoms with Gasteiger partial charge in [-0.3, -0.25) is 0 Å². The summed E-state index contributed by atoms with van der Waals surface area (Å²) in [5.74, 6) is -4.22. The molecule has 6 aromatic heterocycles. The summed E-state index contributed by atoms with van der Waals surface area (Å²) in [6, 6.07) is 134. The molecule has 0 saturated heterocycles. The van der Waals surface area contributed by atoms with Crippen LogP contribution in [0.4, 0.5) is 0 Å². The van der Waals surface area contributed by atoms with Crippen LogP contribution in [0.1, 0.15) is 202 Å². The second-order valence-electron chi connectivity index (χ2n) is 32.0. The van der Waals surface area contributed by atoms with Gasteiger partial charge in [-0.1, -0.05) is 225 Å². The molecule has 0 bridgehead atoms. The van der Waals surface area contributed by atoms with Gasteiger partial charge in [0.2, 0.25) is 0 Å². The van der Waals surface area contributed by atoms with Gasteiger partial charge in [0.15, 0.2) is 0 Å². The first-order chi connectivity index (χ1) is 72.6. The first-order valence-corrected chi connectivity index (χ1v) is 44.3. The molecule has 3 aliphatic carbocycles. The van der Waals surface area contributed by atoms with Crippen LogP contribution in [0.5, 0.6) is 0 Å². The molecular weight excluding hydrogens is 2160 g/mol. The molecule has 675 valence electrons. The zero-order valence-electron chi connectivity index (χ0n) is 94.9. The molecular formula is C125H112Ir3N6-6. The molecule has 21 rings (SSSR count). The van der Waals surface area contributed by atoms with Gasteiger partial charge in [0.1, 0.15) is 0 Å². The number of hydrogen-bond acceptors (Lipinski definition) is 6. The fourth-order valence-electron chi connectivity index (χ4n) is 16.4. The molecule has 12 aromatic carbocycles. The van der Waals surface area contributed by atoms with Gasteiger partial charge >= 0.3 is 0 Å². The number of benzene rings is 12. The van der Waals surface area contributed by atoms with E-state index in [1.54, 1.807) is 42.7 Å². The van der Waals surface area contributed by atoms with E-state index in [-0.39, 0.29) is 82.6 Å². The van der Waals surface area contributed by atoms with Crippen LogP contribution >= 0.6 is 0 Å². The van der Waals surface area contributed by atoms with Gasteiger partial charge in [0, 0.05) is 126 Å². The van der Waals surface area contributed by atoms with Gasteiger partial charge < -0.3 is 29.9 Å². The fraction of sp³-hybridized carbons (Fsp3) is 0.184. The van der Waals surface area contributed by atoms with E-state index in [4.69, 9.17) is 24.7 Å². The maximum atomic E-state index is 9.18. The van der Waals surface area contributed by atoms with Gasteiger partial charge in [-0.05, 0) is 275 Å². The second kappa shape index (κ2) is 51.1. The number of hydrogen-bond donors (Lipinski definition) is 0. The van der Waals surface area contributed by atoms with Gasteiger partial charge in [-0.25, -0.2) is 0 Å². The van der Waals surface area contributed by atoms with Crippen molar-refractivity contribution in [1.82, 2.24) is 29.9 Å². The summed E-state index contributed by atoms with van der Waals surface area (Å²) in [6.45, 7) is -11.1. The van der Waals surface area contributed by atoms with Crippen molar-refractivity contribution in [2.24, 2.45) is 0 Å². The van der Waals surface area contributed by atoms with Gasteiger partial charge in [-0.2, -0.15) is 0 Å². The largest absolute Gasteiger partial charge is 0.305 e. The third-order valence-electron chi connectivity index (χ3n) is 23.5. The third kappa shape index (κ3) is 27.6. The summed E-state index contributed by atoms with van der Waals surface area (Å²) < 4.78 is 170. The monoisotopic (exact) mass is 2300 g/mol. The van der Waals surface area contributed by atoms with E-state index in [2.05, 4.69) is 66.3 Å². The van der Waals surface area contributed by atoms with Crippen molar-refractivity contribution in [2.45, 2.75) is 147 Å². The summed E-state index contributed by atoms with van der Waals surface area (Å²) in [5.41, 5.74) is 20.7. The molecule has 3 radical (unpaired) electrons. The number of aromatic nitrogens is 6. The van der Waals surface area contributed by atoms with Crippen LogP contribution in [0.3, 0.4) is 0 Å². The zero-order chi connectivity index (χ0) is 108. The predicted octanol–water partition coefficient (Wildman–Crippen LogP) is 32.2.